The van der Waals surface area contributed by atoms with Crippen LogP contribution in [0, 0.1) is 0 Å². The van der Waals surface area contributed by atoms with Crippen LogP contribution >= 0.6 is 0 Å². The zero-order chi connectivity index (χ0) is 30.0. The van der Waals surface area contributed by atoms with E-state index < -0.39 is 12.2 Å². The normalized spacial score (nSPS) is 13.0. The average Bonchev–Trinajstić information content (AvgIpc) is 3.00. The molecule has 42 heavy (non-hydrogen) atoms. The summed E-state index contributed by atoms with van der Waals surface area (Å²) < 4.78 is 22.0. The SMILES string of the molecule is CC(C)(c1ccc(O)cc1)c1ccc(OCC(O)COCOCC(O)COc2ccc(-c3ccc(O)cc3)cc2)cc1. The first-order chi connectivity index (χ1) is 20.2. The van der Waals surface area contributed by atoms with Gasteiger partial charge in [-0.05, 0) is 70.8 Å². The number of aliphatic hydroxyl groups is 2. The Morgan fingerprint density at radius 3 is 1.33 bits per heavy atom. The van der Waals surface area contributed by atoms with Crippen LogP contribution in [0.1, 0.15) is 25.0 Å². The molecule has 4 N–H and O–H groups in total. The third kappa shape index (κ3) is 8.96. The Morgan fingerprint density at radius 2 is 0.881 bits per heavy atom. The molecule has 4 aromatic rings. The summed E-state index contributed by atoms with van der Waals surface area (Å²) >= 11 is 0. The van der Waals surface area contributed by atoms with Crippen LogP contribution in [-0.4, -0.2) is 65.9 Å². The number of aliphatic hydroxyl groups excluding tert-OH is 2. The van der Waals surface area contributed by atoms with E-state index in [4.69, 9.17) is 18.9 Å². The van der Waals surface area contributed by atoms with Crippen molar-refractivity contribution < 1.29 is 39.4 Å². The first-order valence-electron chi connectivity index (χ1n) is 13.8. The van der Waals surface area contributed by atoms with Crippen LogP contribution in [0.3, 0.4) is 0 Å². The van der Waals surface area contributed by atoms with Gasteiger partial charge in [-0.15, -0.1) is 0 Å². The molecule has 0 amide bonds. The number of benzene rings is 4. The number of hydrogen-bond acceptors (Lipinski definition) is 8. The van der Waals surface area contributed by atoms with E-state index in [0.29, 0.717) is 11.5 Å². The molecular weight excluding hydrogens is 536 g/mol. The van der Waals surface area contributed by atoms with Gasteiger partial charge in [-0.25, -0.2) is 0 Å². The minimum absolute atomic E-state index is 0.0189. The molecule has 0 spiro atoms. The van der Waals surface area contributed by atoms with E-state index in [9.17, 15) is 20.4 Å². The van der Waals surface area contributed by atoms with Gasteiger partial charge in [-0.3, -0.25) is 0 Å². The molecule has 0 fully saturated rings. The largest absolute Gasteiger partial charge is 0.508 e. The first-order valence-corrected chi connectivity index (χ1v) is 13.8. The van der Waals surface area contributed by atoms with E-state index in [-0.39, 0.29) is 50.1 Å². The standard InChI is InChI=1S/C34H38O8/c1-34(2,26-7-13-29(36)14-8-26)27-9-17-33(18-10-27)42-22-31(38)20-40-23-39-19-30(37)21-41-32-15-5-25(6-16-32)24-3-11-28(35)12-4-24/h3-18,30-31,35-38H,19-23H2,1-2H3. The Morgan fingerprint density at radius 1 is 0.524 bits per heavy atom. The number of ether oxygens (including phenoxy) is 4. The van der Waals surface area contributed by atoms with Gasteiger partial charge < -0.3 is 39.4 Å². The molecular formula is C34H38O8. The number of aromatic hydroxyl groups is 2. The summed E-state index contributed by atoms with van der Waals surface area (Å²) in [5.41, 5.74) is 3.89. The highest BCUT2D eigenvalue weighted by Crippen LogP contribution is 2.33. The number of rotatable bonds is 15. The second kappa shape index (κ2) is 14.7. The summed E-state index contributed by atoms with van der Waals surface area (Å²) in [6, 6.07) is 29.3. The molecule has 0 aliphatic rings. The quantitative estimate of drug-likeness (QED) is 0.112. The molecule has 0 heterocycles. The highest BCUT2D eigenvalue weighted by molar-refractivity contribution is 5.64. The molecule has 8 nitrogen and oxygen atoms in total. The fourth-order valence-electron chi connectivity index (χ4n) is 4.32. The minimum Gasteiger partial charge on any atom is -0.508 e. The molecule has 0 radical (unpaired) electrons. The van der Waals surface area contributed by atoms with Crippen molar-refractivity contribution >= 4 is 0 Å². The van der Waals surface area contributed by atoms with E-state index in [1.54, 1.807) is 24.3 Å². The molecule has 0 aliphatic heterocycles. The summed E-state index contributed by atoms with van der Waals surface area (Å²) in [5.74, 6) is 1.71. The maximum absolute atomic E-state index is 10.2. The highest BCUT2D eigenvalue weighted by Gasteiger charge is 2.23. The lowest BCUT2D eigenvalue weighted by Crippen LogP contribution is -2.26. The lowest BCUT2D eigenvalue weighted by molar-refractivity contribution is -0.104. The van der Waals surface area contributed by atoms with Gasteiger partial charge in [0.25, 0.3) is 0 Å². The molecule has 0 aromatic heterocycles. The van der Waals surface area contributed by atoms with Crippen LogP contribution in [0.15, 0.2) is 97.1 Å². The van der Waals surface area contributed by atoms with Crippen molar-refractivity contribution in [1.29, 1.82) is 0 Å². The van der Waals surface area contributed by atoms with Crippen molar-refractivity contribution in [3.63, 3.8) is 0 Å². The van der Waals surface area contributed by atoms with Gasteiger partial charge in [0, 0.05) is 5.41 Å². The van der Waals surface area contributed by atoms with Gasteiger partial charge in [-0.2, -0.15) is 0 Å². The molecule has 222 valence electrons. The van der Waals surface area contributed by atoms with Crippen molar-refractivity contribution in [2.45, 2.75) is 31.5 Å². The Bertz CT molecular complexity index is 1350. The van der Waals surface area contributed by atoms with E-state index >= 15 is 0 Å². The number of hydrogen-bond donors (Lipinski definition) is 4. The minimum atomic E-state index is -0.848. The van der Waals surface area contributed by atoms with Gasteiger partial charge in [0.2, 0.25) is 0 Å². The Balaban J connectivity index is 1.08. The fourth-order valence-corrected chi connectivity index (χ4v) is 4.32. The second-order valence-electron chi connectivity index (χ2n) is 10.6. The predicted octanol–water partition coefficient (Wildman–Crippen LogP) is 5.26. The summed E-state index contributed by atoms with van der Waals surface area (Å²) in [7, 11) is 0. The smallest absolute Gasteiger partial charge is 0.146 e. The molecule has 4 aromatic carbocycles. The van der Waals surface area contributed by atoms with Gasteiger partial charge >= 0.3 is 0 Å². The zero-order valence-electron chi connectivity index (χ0n) is 23.8. The average molecular weight is 575 g/mol. The van der Waals surface area contributed by atoms with Crippen molar-refractivity contribution in [3.8, 4) is 34.1 Å². The maximum atomic E-state index is 10.2. The Labute approximate surface area is 246 Å². The molecule has 2 atom stereocenters. The summed E-state index contributed by atoms with van der Waals surface area (Å²) in [6.45, 7) is 4.30. The molecule has 4 rings (SSSR count). The van der Waals surface area contributed by atoms with Crippen molar-refractivity contribution in [1.82, 2.24) is 0 Å². The van der Waals surface area contributed by atoms with Crippen LogP contribution < -0.4 is 9.47 Å². The van der Waals surface area contributed by atoms with Gasteiger partial charge in [0.1, 0.15) is 55.2 Å². The number of phenolic OH excluding ortho intramolecular Hbond substituents is 2. The first kappa shape index (κ1) is 30.9. The zero-order valence-corrected chi connectivity index (χ0v) is 23.8. The Hall–Kier alpha value is -4.08. The second-order valence-corrected chi connectivity index (χ2v) is 10.6. The van der Waals surface area contributed by atoms with Crippen LogP contribution in [0.2, 0.25) is 0 Å². The van der Waals surface area contributed by atoms with Gasteiger partial charge in [-0.1, -0.05) is 62.4 Å². The van der Waals surface area contributed by atoms with Crippen LogP contribution in [0.25, 0.3) is 11.1 Å². The fraction of sp³-hybridized carbons (Fsp3) is 0.294. The third-order valence-corrected chi connectivity index (χ3v) is 6.89. The predicted molar refractivity (Wildman–Crippen MR) is 160 cm³/mol. The van der Waals surface area contributed by atoms with Crippen molar-refractivity contribution in [3.05, 3.63) is 108 Å². The van der Waals surface area contributed by atoms with Crippen LogP contribution in [0.4, 0.5) is 0 Å². The molecule has 0 aliphatic carbocycles. The monoisotopic (exact) mass is 574 g/mol. The molecule has 0 saturated heterocycles. The van der Waals surface area contributed by atoms with Gasteiger partial charge in [0.15, 0.2) is 0 Å². The molecule has 0 bridgehead atoms. The van der Waals surface area contributed by atoms with E-state index in [2.05, 4.69) is 13.8 Å². The lowest BCUT2D eigenvalue weighted by atomic mass is 9.78. The van der Waals surface area contributed by atoms with Crippen LogP contribution in [-0.2, 0) is 14.9 Å². The lowest BCUT2D eigenvalue weighted by Gasteiger charge is -2.26. The molecule has 2 unspecified atom stereocenters. The highest BCUT2D eigenvalue weighted by atomic mass is 16.7. The number of phenols is 2. The van der Waals surface area contributed by atoms with Crippen molar-refractivity contribution in [2.75, 3.05) is 33.2 Å². The molecule has 0 saturated carbocycles. The third-order valence-electron chi connectivity index (χ3n) is 6.89. The van der Waals surface area contributed by atoms with Crippen LogP contribution in [0.5, 0.6) is 23.0 Å². The topological polar surface area (TPSA) is 118 Å². The maximum Gasteiger partial charge on any atom is 0.146 e. The van der Waals surface area contributed by atoms with Crippen molar-refractivity contribution in [2.24, 2.45) is 0 Å². The Kier molecular flexibility index (Phi) is 10.8. The summed E-state index contributed by atoms with van der Waals surface area (Å²) in [5, 5.41) is 39.3. The molecule has 8 heteroatoms. The van der Waals surface area contributed by atoms with E-state index in [1.165, 1.54) is 0 Å². The summed E-state index contributed by atoms with van der Waals surface area (Å²) in [6.07, 6.45) is -1.69. The van der Waals surface area contributed by atoms with E-state index in [0.717, 1.165) is 22.3 Å². The van der Waals surface area contributed by atoms with E-state index in [1.807, 2.05) is 72.8 Å². The van der Waals surface area contributed by atoms with Gasteiger partial charge in [0.05, 0.1) is 13.2 Å². The summed E-state index contributed by atoms with van der Waals surface area (Å²) in [4.78, 5) is 0.